The Labute approximate surface area is 191 Å². The molecule has 2 atom stereocenters. The van der Waals surface area contributed by atoms with Crippen LogP contribution in [0.5, 0.6) is 5.75 Å². The van der Waals surface area contributed by atoms with E-state index >= 15 is 0 Å². The molecule has 1 saturated heterocycles. The first kappa shape index (κ1) is 23.6. The van der Waals surface area contributed by atoms with Gasteiger partial charge >= 0.3 is 0 Å². The Morgan fingerprint density at radius 3 is 2.59 bits per heavy atom. The molecule has 2 amide bonds. The van der Waals surface area contributed by atoms with E-state index in [1.165, 1.54) is 0 Å². The molecule has 1 fully saturated rings. The topological polar surface area (TPSA) is 61.9 Å². The maximum atomic E-state index is 13.3. The Kier molecular flexibility index (Phi) is 8.54. The molecule has 0 radical (unpaired) electrons. The number of hydrogen-bond acceptors (Lipinski definition) is 4. The number of likely N-dealkylation sites (tertiary alicyclic amines) is 1. The van der Waals surface area contributed by atoms with Crippen LogP contribution in [0.15, 0.2) is 54.6 Å². The lowest BCUT2D eigenvalue weighted by Gasteiger charge is -2.41. The van der Waals surface area contributed by atoms with Gasteiger partial charge in [0.1, 0.15) is 5.75 Å². The zero-order chi connectivity index (χ0) is 22.9. The number of hydrogen-bond donors (Lipinski definition) is 1. The van der Waals surface area contributed by atoms with Gasteiger partial charge in [0.15, 0.2) is 0 Å². The highest BCUT2D eigenvalue weighted by atomic mass is 16.5. The number of likely N-dealkylation sites (N-methyl/N-ethyl adjacent to an activating group) is 1. The number of anilines is 1. The third-order valence-corrected chi connectivity index (χ3v) is 6.20. The third kappa shape index (κ3) is 5.61. The van der Waals surface area contributed by atoms with E-state index in [1.807, 2.05) is 54.4 Å². The Balaban J connectivity index is 1.75. The van der Waals surface area contributed by atoms with E-state index in [0.717, 1.165) is 29.8 Å². The van der Waals surface area contributed by atoms with Crippen molar-refractivity contribution in [3.05, 3.63) is 60.2 Å². The van der Waals surface area contributed by atoms with E-state index in [1.54, 1.807) is 7.11 Å². The average molecular weight is 438 g/mol. The van der Waals surface area contributed by atoms with Gasteiger partial charge in [0.25, 0.3) is 0 Å². The quantitative estimate of drug-likeness (QED) is 0.610. The highest BCUT2D eigenvalue weighted by Gasteiger charge is 2.41. The van der Waals surface area contributed by atoms with Crippen molar-refractivity contribution in [2.75, 3.05) is 38.7 Å². The van der Waals surface area contributed by atoms with Crippen molar-refractivity contribution in [1.29, 1.82) is 0 Å². The molecule has 0 bridgehead atoms. The van der Waals surface area contributed by atoms with Crippen molar-refractivity contribution in [1.82, 2.24) is 10.2 Å². The highest BCUT2D eigenvalue weighted by Crippen LogP contribution is 2.40. The van der Waals surface area contributed by atoms with Gasteiger partial charge in [-0.15, -0.1) is 0 Å². The number of carbonyl (C=O) groups excluding carboxylic acids is 2. The maximum Gasteiger partial charge on any atom is 0.225 e. The SMILES string of the molecule is CCCCN1C(=O)CCC(C(=O)NCCN(C)c2ccccc2)C1c1ccccc1OC. The molecular formula is C26H35N3O3. The van der Waals surface area contributed by atoms with Crippen molar-refractivity contribution in [2.24, 2.45) is 5.92 Å². The molecule has 6 nitrogen and oxygen atoms in total. The maximum absolute atomic E-state index is 13.3. The van der Waals surface area contributed by atoms with Gasteiger partial charge in [-0.25, -0.2) is 0 Å². The first-order valence-corrected chi connectivity index (χ1v) is 11.5. The number of piperidine rings is 1. The summed E-state index contributed by atoms with van der Waals surface area (Å²) in [7, 11) is 3.65. The summed E-state index contributed by atoms with van der Waals surface area (Å²) in [5, 5.41) is 3.12. The van der Waals surface area contributed by atoms with Crippen molar-refractivity contribution >= 4 is 17.5 Å². The molecule has 1 aliphatic rings. The van der Waals surface area contributed by atoms with Crippen LogP contribution >= 0.6 is 0 Å². The summed E-state index contributed by atoms with van der Waals surface area (Å²) in [5.41, 5.74) is 2.02. The molecule has 1 heterocycles. The van der Waals surface area contributed by atoms with Crippen LogP contribution in [0.4, 0.5) is 5.69 Å². The molecule has 1 N–H and O–H groups in total. The number of amides is 2. The first-order valence-electron chi connectivity index (χ1n) is 11.5. The number of unbranched alkanes of at least 4 members (excludes halogenated alkanes) is 1. The molecule has 1 aliphatic heterocycles. The van der Waals surface area contributed by atoms with Gasteiger partial charge in [-0.3, -0.25) is 9.59 Å². The minimum Gasteiger partial charge on any atom is -0.496 e. The van der Waals surface area contributed by atoms with Crippen LogP contribution in [-0.4, -0.2) is 50.5 Å². The highest BCUT2D eigenvalue weighted by molar-refractivity contribution is 5.85. The molecule has 0 spiro atoms. The van der Waals surface area contributed by atoms with E-state index in [9.17, 15) is 9.59 Å². The van der Waals surface area contributed by atoms with Crippen LogP contribution < -0.4 is 15.0 Å². The Morgan fingerprint density at radius 1 is 1.16 bits per heavy atom. The zero-order valence-electron chi connectivity index (χ0n) is 19.4. The number of ether oxygens (including phenoxy) is 1. The minimum atomic E-state index is -0.314. The zero-order valence-corrected chi connectivity index (χ0v) is 19.4. The summed E-state index contributed by atoms with van der Waals surface area (Å²) in [5.74, 6) is 0.525. The van der Waals surface area contributed by atoms with Crippen LogP contribution in [0.25, 0.3) is 0 Å². The molecule has 6 heteroatoms. The second kappa shape index (κ2) is 11.6. The molecule has 172 valence electrons. The van der Waals surface area contributed by atoms with E-state index in [-0.39, 0.29) is 23.8 Å². The van der Waals surface area contributed by atoms with Gasteiger partial charge in [0, 0.05) is 44.4 Å². The first-order chi connectivity index (χ1) is 15.6. The second-order valence-corrected chi connectivity index (χ2v) is 8.32. The number of benzene rings is 2. The number of nitrogens with zero attached hydrogens (tertiary/aromatic N) is 2. The number of rotatable bonds is 10. The molecule has 3 rings (SSSR count). The van der Waals surface area contributed by atoms with Gasteiger partial charge in [0.2, 0.25) is 11.8 Å². The Hall–Kier alpha value is -3.02. The predicted molar refractivity (Wildman–Crippen MR) is 128 cm³/mol. The third-order valence-electron chi connectivity index (χ3n) is 6.20. The van der Waals surface area contributed by atoms with E-state index in [2.05, 4.69) is 29.3 Å². The fourth-order valence-corrected chi connectivity index (χ4v) is 4.40. The van der Waals surface area contributed by atoms with Gasteiger partial charge in [-0.1, -0.05) is 49.7 Å². The molecule has 0 aliphatic carbocycles. The van der Waals surface area contributed by atoms with Crippen molar-refractivity contribution < 1.29 is 14.3 Å². The van der Waals surface area contributed by atoms with Crippen LogP contribution in [0.2, 0.25) is 0 Å². The van der Waals surface area contributed by atoms with Gasteiger partial charge in [-0.2, -0.15) is 0 Å². The van der Waals surface area contributed by atoms with Crippen molar-refractivity contribution in [3.63, 3.8) is 0 Å². The van der Waals surface area contributed by atoms with E-state index in [0.29, 0.717) is 32.5 Å². The van der Waals surface area contributed by atoms with Crippen LogP contribution in [0.3, 0.4) is 0 Å². The lowest BCUT2D eigenvalue weighted by Crippen LogP contribution is -2.49. The summed E-state index contributed by atoms with van der Waals surface area (Å²) in [6, 6.07) is 17.5. The summed E-state index contributed by atoms with van der Waals surface area (Å²) in [4.78, 5) is 30.2. The smallest absolute Gasteiger partial charge is 0.225 e. The molecule has 0 saturated carbocycles. The molecule has 2 unspecified atom stereocenters. The van der Waals surface area contributed by atoms with E-state index in [4.69, 9.17) is 4.74 Å². The lowest BCUT2D eigenvalue weighted by atomic mass is 9.83. The summed E-state index contributed by atoms with van der Waals surface area (Å²) < 4.78 is 5.60. The molecule has 2 aromatic carbocycles. The second-order valence-electron chi connectivity index (χ2n) is 8.32. The van der Waals surface area contributed by atoms with Crippen LogP contribution in [0, 0.1) is 5.92 Å². The van der Waals surface area contributed by atoms with Crippen LogP contribution in [0.1, 0.15) is 44.2 Å². The fraction of sp³-hybridized carbons (Fsp3) is 0.462. The van der Waals surface area contributed by atoms with Crippen molar-refractivity contribution in [2.45, 2.75) is 38.6 Å². The summed E-state index contributed by atoms with van der Waals surface area (Å²) in [6.07, 6.45) is 2.85. The van der Waals surface area contributed by atoms with Gasteiger partial charge in [-0.05, 0) is 31.0 Å². The summed E-state index contributed by atoms with van der Waals surface area (Å²) in [6.45, 7) is 4.01. The lowest BCUT2D eigenvalue weighted by molar-refractivity contribution is -0.143. The van der Waals surface area contributed by atoms with Crippen LogP contribution in [-0.2, 0) is 9.59 Å². The normalized spacial score (nSPS) is 18.3. The number of para-hydroxylation sites is 2. The predicted octanol–water partition coefficient (Wildman–Crippen LogP) is 4.03. The standard InChI is InChI=1S/C26H35N3O3/c1-4-5-18-29-24(30)16-15-22(25(29)21-13-9-10-14-23(21)32-3)26(31)27-17-19-28(2)20-11-7-6-8-12-20/h6-14,22,25H,4-5,15-19H2,1-3H3,(H,27,31). The largest absolute Gasteiger partial charge is 0.496 e. The van der Waals surface area contributed by atoms with Gasteiger partial charge in [0.05, 0.1) is 19.1 Å². The number of nitrogens with one attached hydrogen (secondary N) is 1. The fourth-order valence-electron chi connectivity index (χ4n) is 4.40. The minimum absolute atomic E-state index is 0.00336. The molecular weight excluding hydrogens is 402 g/mol. The monoisotopic (exact) mass is 437 g/mol. The van der Waals surface area contributed by atoms with Gasteiger partial charge < -0.3 is 19.9 Å². The summed E-state index contributed by atoms with van der Waals surface area (Å²) >= 11 is 0. The molecule has 0 aromatic heterocycles. The number of methoxy groups -OCH3 is 1. The Bertz CT molecular complexity index is 887. The number of carbonyl (C=O) groups is 2. The van der Waals surface area contributed by atoms with Crippen molar-refractivity contribution in [3.8, 4) is 5.75 Å². The molecule has 2 aromatic rings. The molecule has 32 heavy (non-hydrogen) atoms. The van der Waals surface area contributed by atoms with E-state index < -0.39 is 0 Å². The Morgan fingerprint density at radius 2 is 1.88 bits per heavy atom. The average Bonchev–Trinajstić information content (AvgIpc) is 2.83.